The van der Waals surface area contributed by atoms with E-state index in [1.807, 2.05) is 13.8 Å². The summed E-state index contributed by atoms with van der Waals surface area (Å²) in [6.45, 7) is 8.08. The Labute approximate surface area is 112 Å². The van der Waals surface area contributed by atoms with Gasteiger partial charge in [-0.05, 0) is 19.8 Å². The Morgan fingerprint density at radius 3 is 2.17 bits per heavy atom. The fourth-order valence-corrected chi connectivity index (χ4v) is 3.63. The summed E-state index contributed by atoms with van der Waals surface area (Å²) in [5.41, 5.74) is -0.610. The molecule has 5 heteroatoms. The van der Waals surface area contributed by atoms with Gasteiger partial charge in [0.05, 0.1) is 38.0 Å². The van der Waals surface area contributed by atoms with Crippen molar-refractivity contribution in [1.29, 1.82) is 0 Å². The standard InChI is InChI=1S/C13H28NO3S/c1-5-18(16,17)11-10-14(4)8-6-12(7-9-14)13(2,3)15/h12,15H,5-11H2,1-4H3/q+1. The lowest BCUT2D eigenvalue weighted by Crippen LogP contribution is -2.54. The maximum atomic E-state index is 11.6. The predicted octanol–water partition coefficient (Wildman–Crippen LogP) is 1.05. The summed E-state index contributed by atoms with van der Waals surface area (Å²) in [5.74, 6) is 0.860. The zero-order chi connectivity index (χ0) is 14.0. The Bertz CT molecular complexity index is 362. The molecule has 1 saturated heterocycles. The van der Waals surface area contributed by atoms with Crippen LogP contribution in [0.15, 0.2) is 0 Å². The lowest BCUT2D eigenvalue weighted by molar-refractivity contribution is -0.913. The first-order chi connectivity index (χ1) is 8.08. The summed E-state index contributed by atoms with van der Waals surface area (Å²) in [6.07, 6.45) is 1.96. The molecule has 1 aliphatic rings. The molecule has 18 heavy (non-hydrogen) atoms. The second kappa shape index (κ2) is 5.47. The predicted molar refractivity (Wildman–Crippen MR) is 74.1 cm³/mol. The molecule has 4 nitrogen and oxygen atoms in total. The number of quaternary nitrogens is 1. The third-order valence-corrected chi connectivity index (χ3v) is 6.10. The molecule has 0 atom stereocenters. The van der Waals surface area contributed by atoms with E-state index in [2.05, 4.69) is 7.05 Å². The Balaban J connectivity index is 2.50. The van der Waals surface area contributed by atoms with Crippen molar-refractivity contribution in [3.05, 3.63) is 0 Å². The topological polar surface area (TPSA) is 54.4 Å². The quantitative estimate of drug-likeness (QED) is 0.765. The van der Waals surface area contributed by atoms with Crippen LogP contribution in [0.3, 0.4) is 0 Å². The third-order valence-electron chi connectivity index (χ3n) is 4.42. The van der Waals surface area contributed by atoms with Crippen molar-refractivity contribution in [3.8, 4) is 0 Å². The summed E-state index contributed by atoms with van der Waals surface area (Å²) < 4.78 is 23.9. The highest BCUT2D eigenvalue weighted by atomic mass is 32.2. The second-order valence-corrected chi connectivity index (χ2v) is 8.93. The van der Waals surface area contributed by atoms with Gasteiger partial charge in [-0.2, -0.15) is 0 Å². The molecular formula is C13H28NO3S+. The van der Waals surface area contributed by atoms with Crippen molar-refractivity contribution in [1.82, 2.24) is 0 Å². The summed E-state index contributed by atoms with van der Waals surface area (Å²) in [4.78, 5) is 0. The van der Waals surface area contributed by atoms with Crippen molar-refractivity contribution in [2.24, 2.45) is 5.92 Å². The molecule has 0 aromatic heterocycles. The highest BCUT2D eigenvalue weighted by molar-refractivity contribution is 7.91. The Morgan fingerprint density at radius 2 is 1.78 bits per heavy atom. The fraction of sp³-hybridized carbons (Fsp3) is 1.00. The number of hydrogen-bond donors (Lipinski definition) is 1. The van der Waals surface area contributed by atoms with Crippen LogP contribution in [-0.4, -0.2) is 61.8 Å². The molecule has 1 heterocycles. The maximum absolute atomic E-state index is 11.6. The average Bonchev–Trinajstić information content (AvgIpc) is 2.26. The molecule has 0 amide bonds. The van der Waals surface area contributed by atoms with E-state index in [0.717, 1.165) is 30.4 Å². The van der Waals surface area contributed by atoms with Crippen molar-refractivity contribution < 1.29 is 18.0 Å². The van der Waals surface area contributed by atoms with Crippen molar-refractivity contribution in [2.45, 2.75) is 39.2 Å². The first kappa shape index (κ1) is 15.9. The van der Waals surface area contributed by atoms with Gasteiger partial charge in [0, 0.05) is 18.6 Å². The molecule has 0 spiro atoms. The van der Waals surface area contributed by atoms with Crippen LogP contribution in [-0.2, 0) is 9.84 Å². The molecule has 0 aliphatic carbocycles. The summed E-state index contributed by atoms with van der Waals surface area (Å²) in [5, 5.41) is 10.0. The van der Waals surface area contributed by atoms with Crippen LogP contribution in [0.1, 0.15) is 33.6 Å². The number of sulfone groups is 1. The average molecular weight is 278 g/mol. The summed E-state index contributed by atoms with van der Waals surface area (Å²) >= 11 is 0. The number of hydrogen-bond acceptors (Lipinski definition) is 3. The molecule has 0 unspecified atom stereocenters. The van der Waals surface area contributed by atoms with Gasteiger partial charge in [0.1, 0.15) is 0 Å². The minimum Gasteiger partial charge on any atom is -0.390 e. The Kier molecular flexibility index (Phi) is 4.84. The van der Waals surface area contributed by atoms with E-state index in [-0.39, 0.29) is 11.5 Å². The molecular weight excluding hydrogens is 250 g/mol. The number of aliphatic hydroxyl groups is 1. The lowest BCUT2D eigenvalue weighted by Gasteiger charge is -2.43. The third kappa shape index (κ3) is 4.52. The van der Waals surface area contributed by atoms with E-state index in [1.165, 1.54) is 0 Å². The van der Waals surface area contributed by atoms with E-state index >= 15 is 0 Å². The molecule has 1 rings (SSSR count). The molecule has 0 aromatic rings. The smallest absolute Gasteiger partial charge is 0.155 e. The van der Waals surface area contributed by atoms with E-state index in [4.69, 9.17) is 0 Å². The van der Waals surface area contributed by atoms with Gasteiger partial charge in [-0.25, -0.2) is 8.42 Å². The van der Waals surface area contributed by atoms with Crippen LogP contribution < -0.4 is 0 Å². The highest BCUT2D eigenvalue weighted by Crippen LogP contribution is 2.30. The first-order valence-corrected chi connectivity index (χ1v) is 8.66. The summed E-state index contributed by atoms with van der Waals surface area (Å²) in [6, 6.07) is 0. The second-order valence-electron chi connectivity index (χ2n) is 6.45. The normalized spacial score (nSPS) is 30.4. The van der Waals surface area contributed by atoms with Gasteiger partial charge in [-0.15, -0.1) is 0 Å². The molecule has 0 radical (unpaired) electrons. The zero-order valence-corrected chi connectivity index (χ0v) is 13.0. The van der Waals surface area contributed by atoms with Crippen molar-refractivity contribution in [2.75, 3.05) is 38.2 Å². The number of rotatable bonds is 5. The van der Waals surface area contributed by atoms with Crippen LogP contribution in [0.5, 0.6) is 0 Å². The largest absolute Gasteiger partial charge is 0.390 e. The van der Waals surface area contributed by atoms with Crippen LogP contribution >= 0.6 is 0 Å². The molecule has 1 N–H and O–H groups in total. The van der Waals surface area contributed by atoms with E-state index in [0.29, 0.717) is 12.5 Å². The Hall–Kier alpha value is -0.130. The number of likely N-dealkylation sites (tertiary alicyclic amines) is 1. The highest BCUT2D eigenvalue weighted by Gasteiger charge is 2.36. The van der Waals surface area contributed by atoms with E-state index in [1.54, 1.807) is 6.92 Å². The van der Waals surface area contributed by atoms with Crippen LogP contribution in [0.4, 0.5) is 0 Å². The van der Waals surface area contributed by atoms with Crippen LogP contribution in [0, 0.1) is 5.92 Å². The fourth-order valence-electron chi connectivity index (χ4n) is 2.63. The minimum absolute atomic E-state index is 0.235. The lowest BCUT2D eigenvalue weighted by atomic mass is 9.82. The maximum Gasteiger partial charge on any atom is 0.155 e. The molecule has 108 valence electrons. The monoisotopic (exact) mass is 278 g/mol. The van der Waals surface area contributed by atoms with Crippen LogP contribution in [0.25, 0.3) is 0 Å². The van der Waals surface area contributed by atoms with Gasteiger partial charge in [0.2, 0.25) is 0 Å². The van der Waals surface area contributed by atoms with Crippen molar-refractivity contribution >= 4 is 9.84 Å². The van der Waals surface area contributed by atoms with E-state index in [9.17, 15) is 13.5 Å². The van der Waals surface area contributed by atoms with Gasteiger partial charge >= 0.3 is 0 Å². The van der Waals surface area contributed by atoms with Crippen molar-refractivity contribution in [3.63, 3.8) is 0 Å². The first-order valence-electron chi connectivity index (χ1n) is 6.84. The molecule has 0 aromatic carbocycles. The van der Waals surface area contributed by atoms with Gasteiger partial charge in [0.15, 0.2) is 9.84 Å². The van der Waals surface area contributed by atoms with Gasteiger partial charge in [-0.3, -0.25) is 0 Å². The van der Waals surface area contributed by atoms with Gasteiger partial charge in [-0.1, -0.05) is 6.92 Å². The molecule has 1 aliphatic heterocycles. The molecule has 0 saturated carbocycles. The number of nitrogens with zero attached hydrogens (tertiary/aromatic N) is 1. The summed E-state index contributed by atoms with van der Waals surface area (Å²) in [7, 11) is -0.733. The zero-order valence-electron chi connectivity index (χ0n) is 12.1. The molecule has 0 bridgehead atoms. The number of piperidine rings is 1. The Morgan fingerprint density at radius 1 is 1.28 bits per heavy atom. The van der Waals surface area contributed by atoms with Gasteiger partial charge in [0.25, 0.3) is 0 Å². The SMILES string of the molecule is CCS(=O)(=O)CC[N+]1(C)CCC(C(C)(C)O)CC1. The van der Waals surface area contributed by atoms with E-state index < -0.39 is 15.4 Å². The van der Waals surface area contributed by atoms with Gasteiger partial charge < -0.3 is 9.59 Å². The molecule has 1 fully saturated rings. The van der Waals surface area contributed by atoms with Crippen LogP contribution in [0.2, 0.25) is 0 Å². The minimum atomic E-state index is -2.86.